The van der Waals surface area contributed by atoms with Crippen molar-refractivity contribution in [2.45, 2.75) is 26.3 Å². The molecule has 0 saturated carbocycles. The van der Waals surface area contributed by atoms with Crippen LogP contribution in [0.5, 0.6) is 5.75 Å². The van der Waals surface area contributed by atoms with Gasteiger partial charge in [0.1, 0.15) is 5.75 Å². The second kappa shape index (κ2) is 14.3. The molecule has 0 aliphatic carbocycles. The number of nitrogens with one attached hydrogen (secondary N) is 1. The van der Waals surface area contributed by atoms with Crippen molar-refractivity contribution in [3.8, 4) is 27.4 Å². The minimum absolute atomic E-state index is 0.0731. The highest BCUT2D eigenvalue weighted by atomic mass is 32.1. The zero-order valence-corrected chi connectivity index (χ0v) is 24.7. The van der Waals surface area contributed by atoms with Crippen molar-refractivity contribution in [2.24, 2.45) is 0 Å². The zero-order valence-electron chi connectivity index (χ0n) is 23.9. The van der Waals surface area contributed by atoms with Crippen LogP contribution in [0, 0.1) is 0 Å². The number of ether oxygens (including phenoxy) is 1. The molecule has 7 nitrogen and oxygen atoms in total. The van der Waals surface area contributed by atoms with Gasteiger partial charge in [0.15, 0.2) is 5.13 Å². The molecule has 0 saturated heterocycles. The molecule has 0 radical (unpaired) electrons. The Kier molecular flexibility index (Phi) is 9.82. The molecule has 0 fully saturated rings. The van der Waals surface area contributed by atoms with E-state index in [0.29, 0.717) is 18.7 Å². The highest BCUT2D eigenvalue weighted by Gasteiger charge is 2.21. The Balaban J connectivity index is 1.51. The van der Waals surface area contributed by atoms with Crippen molar-refractivity contribution in [3.63, 3.8) is 0 Å². The summed E-state index contributed by atoms with van der Waals surface area (Å²) in [6.07, 6.45) is 0.818. The summed E-state index contributed by atoms with van der Waals surface area (Å²) >= 11 is 1.62. The number of benzene rings is 4. The predicted octanol–water partition coefficient (Wildman–Crippen LogP) is 7.81. The first kappa shape index (κ1) is 29.5. The van der Waals surface area contributed by atoms with Crippen molar-refractivity contribution in [3.05, 3.63) is 120 Å². The smallest absolute Gasteiger partial charge is 0.305 e. The first-order valence-electron chi connectivity index (χ1n) is 14.2. The molecule has 1 amide bonds. The predicted molar refractivity (Wildman–Crippen MR) is 172 cm³/mol. The summed E-state index contributed by atoms with van der Waals surface area (Å²) in [5, 5.41) is 12.4. The van der Waals surface area contributed by atoms with Crippen LogP contribution >= 0.6 is 11.3 Å². The molecule has 5 rings (SSSR count). The lowest BCUT2D eigenvalue weighted by molar-refractivity contribution is -0.136. The van der Waals surface area contributed by atoms with E-state index in [2.05, 4.69) is 53.5 Å². The summed E-state index contributed by atoms with van der Waals surface area (Å²) in [5.74, 6) is -0.430. The Morgan fingerprint density at radius 2 is 1.51 bits per heavy atom. The molecule has 0 aliphatic heterocycles. The first-order valence-corrected chi connectivity index (χ1v) is 15.0. The van der Waals surface area contributed by atoms with E-state index in [4.69, 9.17) is 14.8 Å². The number of rotatable bonds is 13. The number of carboxylic acids is 1. The van der Waals surface area contributed by atoms with Gasteiger partial charge < -0.3 is 20.1 Å². The summed E-state index contributed by atoms with van der Waals surface area (Å²) in [6.45, 7) is 3.38. The number of hydrogen-bond acceptors (Lipinski definition) is 6. The zero-order chi connectivity index (χ0) is 30.0. The number of carbonyl (C=O) groups is 2. The average Bonchev–Trinajstić information content (AvgIpc) is 3.49. The van der Waals surface area contributed by atoms with Crippen molar-refractivity contribution in [2.75, 3.05) is 18.1 Å². The van der Waals surface area contributed by atoms with Gasteiger partial charge >= 0.3 is 5.97 Å². The molecule has 2 N–H and O–H groups in total. The Labute approximate surface area is 255 Å². The van der Waals surface area contributed by atoms with Crippen molar-refractivity contribution < 1.29 is 19.4 Å². The molecular formula is C35H33N3O4S. The van der Waals surface area contributed by atoms with Crippen LogP contribution < -0.4 is 15.0 Å². The van der Waals surface area contributed by atoms with E-state index in [1.165, 1.54) is 0 Å². The quantitative estimate of drug-likeness (QED) is 0.145. The van der Waals surface area contributed by atoms with Gasteiger partial charge in [0.25, 0.3) is 5.91 Å². The van der Waals surface area contributed by atoms with E-state index < -0.39 is 5.97 Å². The van der Waals surface area contributed by atoms with Crippen LogP contribution in [-0.4, -0.2) is 35.1 Å². The molecule has 218 valence electrons. The van der Waals surface area contributed by atoms with Crippen LogP contribution in [0.25, 0.3) is 21.7 Å². The molecule has 5 aromatic rings. The Hall–Kier alpha value is -4.95. The second-order valence-electron chi connectivity index (χ2n) is 9.93. The molecule has 4 aromatic carbocycles. The molecule has 0 spiro atoms. The Bertz CT molecular complexity index is 1580. The lowest BCUT2D eigenvalue weighted by Gasteiger charge is -2.23. The van der Waals surface area contributed by atoms with Gasteiger partial charge in [0, 0.05) is 23.4 Å². The molecule has 43 heavy (non-hydrogen) atoms. The number of carboxylic acid groups (broad SMARTS) is 1. The van der Waals surface area contributed by atoms with Gasteiger partial charge in [-0.05, 0) is 53.9 Å². The van der Waals surface area contributed by atoms with Gasteiger partial charge in [0.05, 0.1) is 30.1 Å². The number of carbonyl (C=O) groups excluding carboxylic acids is 1. The molecule has 1 aromatic heterocycles. The van der Waals surface area contributed by atoms with Crippen LogP contribution in [0.15, 0.2) is 109 Å². The van der Waals surface area contributed by atoms with Gasteiger partial charge in [-0.1, -0.05) is 91.1 Å². The van der Waals surface area contributed by atoms with Crippen LogP contribution in [0.1, 0.15) is 35.7 Å². The SMILES string of the molecule is CCCOc1ccc(CN(c2ccc(C(=O)NCCC(=O)O)cc2)c2nc(-c3ccccc3)c(-c3ccccc3)s2)cc1. The monoisotopic (exact) mass is 591 g/mol. The van der Waals surface area contributed by atoms with Crippen LogP contribution in [0.2, 0.25) is 0 Å². The minimum atomic E-state index is -0.954. The van der Waals surface area contributed by atoms with E-state index >= 15 is 0 Å². The number of hydrogen-bond donors (Lipinski definition) is 2. The normalized spacial score (nSPS) is 10.7. The fourth-order valence-corrected chi connectivity index (χ4v) is 5.66. The highest BCUT2D eigenvalue weighted by Crippen LogP contribution is 2.42. The number of amides is 1. The summed E-state index contributed by atoms with van der Waals surface area (Å²) in [4.78, 5) is 31.8. The third-order valence-corrected chi connectivity index (χ3v) is 7.86. The van der Waals surface area contributed by atoms with E-state index in [-0.39, 0.29) is 18.9 Å². The molecule has 8 heteroatoms. The minimum Gasteiger partial charge on any atom is -0.494 e. The van der Waals surface area contributed by atoms with Crippen LogP contribution in [0.3, 0.4) is 0 Å². The number of aliphatic carboxylic acids is 1. The van der Waals surface area contributed by atoms with Crippen LogP contribution in [-0.2, 0) is 11.3 Å². The van der Waals surface area contributed by atoms with E-state index in [9.17, 15) is 9.59 Å². The number of anilines is 2. The van der Waals surface area contributed by atoms with Crippen molar-refractivity contribution >= 4 is 34.0 Å². The topological polar surface area (TPSA) is 91.8 Å². The van der Waals surface area contributed by atoms with Gasteiger partial charge in [-0.3, -0.25) is 9.59 Å². The summed E-state index contributed by atoms with van der Waals surface area (Å²) in [7, 11) is 0. The van der Waals surface area contributed by atoms with Gasteiger partial charge in [-0.25, -0.2) is 4.98 Å². The van der Waals surface area contributed by atoms with E-state index in [0.717, 1.165) is 50.3 Å². The third kappa shape index (κ3) is 7.67. The second-order valence-corrected chi connectivity index (χ2v) is 10.9. The largest absolute Gasteiger partial charge is 0.494 e. The fraction of sp³-hybridized carbons (Fsp3) is 0.171. The Morgan fingerprint density at radius 1 is 0.860 bits per heavy atom. The molecule has 0 atom stereocenters. The molecule has 0 bridgehead atoms. The first-order chi connectivity index (χ1) is 21.0. The fourth-order valence-electron chi connectivity index (χ4n) is 4.54. The Morgan fingerprint density at radius 3 is 2.14 bits per heavy atom. The number of aromatic nitrogens is 1. The number of nitrogens with zero attached hydrogens (tertiary/aromatic N) is 2. The molecule has 0 aliphatic rings. The summed E-state index contributed by atoms with van der Waals surface area (Å²) in [5.41, 5.74) is 5.46. The van der Waals surface area contributed by atoms with Crippen molar-refractivity contribution in [1.29, 1.82) is 0 Å². The maximum absolute atomic E-state index is 12.6. The van der Waals surface area contributed by atoms with Crippen LogP contribution in [0.4, 0.5) is 10.8 Å². The third-order valence-electron chi connectivity index (χ3n) is 6.73. The number of thiazole rings is 1. The lowest BCUT2D eigenvalue weighted by Crippen LogP contribution is -2.26. The van der Waals surface area contributed by atoms with Gasteiger partial charge in [-0.15, -0.1) is 0 Å². The highest BCUT2D eigenvalue weighted by molar-refractivity contribution is 7.19. The van der Waals surface area contributed by atoms with E-state index in [1.54, 1.807) is 23.5 Å². The van der Waals surface area contributed by atoms with E-state index in [1.807, 2.05) is 60.7 Å². The maximum atomic E-state index is 12.6. The molecule has 0 unspecified atom stereocenters. The summed E-state index contributed by atoms with van der Waals surface area (Å²) < 4.78 is 5.78. The van der Waals surface area contributed by atoms with Gasteiger partial charge in [-0.2, -0.15) is 0 Å². The lowest BCUT2D eigenvalue weighted by atomic mass is 10.1. The maximum Gasteiger partial charge on any atom is 0.305 e. The summed E-state index contributed by atoms with van der Waals surface area (Å²) in [6, 6.07) is 35.8. The van der Waals surface area contributed by atoms with Crippen molar-refractivity contribution in [1.82, 2.24) is 10.3 Å². The molecule has 1 heterocycles. The average molecular weight is 592 g/mol. The van der Waals surface area contributed by atoms with Gasteiger partial charge in [0.2, 0.25) is 0 Å². The standard InChI is InChI=1S/C35H33N3O4S/c1-2-23-42-30-19-13-25(14-20-30)24-38(29-17-15-28(16-18-29)34(41)36-22-21-31(39)40)35-37-32(26-9-5-3-6-10-26)33(43-35)27-11-7-4-8-12-27/h3-20H,2,21-24H2,1H3,(H,36,41)(H,39,40). The molecular weight excluding hydrogens is 558 g/mol.